The van der Waals surface area contributed by atoms with Crippen molar-refractivity contribution in [3.63, 3.8) is 0 Å². The van der Waals surface area contributed by atoms with Gasteiger partial charge in [0.05, 0.1) is 0 Å². The van der Waals surface area contributed by atoms with Crippen molar-refractivity contribution in [2.24, 2.45) is 9.98 Å². The summed E-state index contributed by atoms with van der Waals surface area (Å²) in [6, 6.07) is 8.53. The molecule has 46 heavy (non-hydrogen) atoms. The predicted molar refractivity (Wildman–Crippen MR) is 182 cm³/mol. The van der Waals surface area contributed by atoms with Crippen molar-refractivity contribution < 1.29 is 46.8 Å². The molecular formula is C37H56CoN2O6. The van der Waals surface area contributed by atoms with Gasteiger partial charge >= 0.3 is 16.8 Å². The number of carboxylic acids is 2. The minimum absolute atomic E-state index is 0. The fraction of sp³-hybridized carbons (Fsp3) is 0.568. The van der Waals surface area contributed by atoms with Gasteiger partial charge in [0.1, 0.15) is 11.5 Å². The quantitative estimate of drug-likeness (QED) is 0.148. The second-order valence-corrected chi connectivity index (χ2v) is 11.2. The van der Waals surface area contributed by atoms with Crippen LogP contribution >= 0.6 is 0 Å². The third-order valence-electron chi connectivity index (χ3n) is 6.83. The Balaban J connectivity index is 0. The van der Waals surface area contributed by atoms with Crippen molar-refractivity contribution in [3.05, 3.63) is 57.6 Å². The van der Waals surface area contributed by atoms with E-state index in [2.05, 4.69) is 61.9 Å². The largest absolute Gasteiger partial charge is 2.00 e. The van der Waals surface area contributed by atoms with Gasteiger partial charge in [0.25, 0.3) is 0 Å². The van der Waals surface area contributed by atoms with Gasteiger partial charge in [0.15, 0.2) is 0 Å². The van der Waals surface area contributed by atoms with Gasteiger partial charge in [0, 0.05) is 48.6 Å². The molecule has 2 N–H and O–H groups in total. The second kappa shape index (κ2) is 28.1. The van der Waals surface area contributed by atoms with Gasteiger partial charge in [-0.05, 0) is 106 Å². The number of rotatable bonds is 18. The summed E-state index contributed by atoms with van der Waals surface area (Å²) < 4.78 is 0. The molecule has 9 heteroatoms. The number of aliphatic imine (C=N–C) groups is 2. The van der Waals surface area contributed by atoms with Crippen LogP contribution in [0, 0.1) is 0 Å². The first-order valence-electron chi connectivity index (χ1n) is 16.5. The van der Waals surface area contributed by atoms with E-state index >= 15 is 0 Å². The molecule has 0 spiro atoms. The van der Waals surface area contributed by atoms with E-state index in [9.17, 15) is 10.2 Å². The molecule has 0 saturated heterocycles. The molecule has 0 fully saturated rings. The third kappa shape index (κ3) is 21.5. The van der Waals surface area contributed by atoms with Gasteiger partial charge in [-0.2, -0.15) is 0 Å². The molecule has 0 aliphatic carbocycles. The van der Waals surface area contributed by atoms with Gasteiger partial charge in [-0.1, -0.05) is 65.5 Å². The minimum Gasteiger partial charge on any atom is -0.550 e. The molecule has 0 atom stereocenters. The number of hydrogen-bond acceptors (Lipinski definition) is 8. The maximum absolute atomic E-state index is 10.8. The number of phenols is 2. The number of benzene rings is 2. The zero-order valence-electron chi connectivity index (χ0n) is 28.8. The molecule has 0 aromatic heterocycles. The van der Waals surface area contributed by atoms with Crippen LogP contribution in [0.3, 0.4) is 0 Å². The average molecular weight is 684 g/mol. The Morgan fingerprint density at radius 1 is 0.609 bits per heavy atom. The number of phenolic OH excluding ortho intramolecular Hbond substituents is 2. The zero-order valence-corrected chi connectivity index (χ0v) is 29.9. The number of aromatic hydroxyl groups is 2. The number of hydrogen-bond donors (Lipinski definition) is 2. The first-order valence-corrected chi connectivity index (χ1v) is 16.5. The molecule has 0 unspecified atom stereocenters. The van der Waals surface area contributed by atoms with Gasteiger partial charge in [0.2, 0.25) is 0 Å². The summed E-state index contributed by atoms with van der Waals surface area (Å²) in [4.78, 5) is 27.0. The summed E-state index contributed by atoms with van der Waals surface area (Å²) in [7, 11) is 0. The molecule has 0 aliphatic heterocycles. The van der Waals surface area contributed by atoms with E-state index in [0.717, 1.165) is 120 Å². The number of aryl methyl sites for hydroxylation is 4. The van der Waals surface area contributed by atoms with Crippen molar-refractivity contribution in [1.29, 1.82) is 0 Å². The summed E-state index contributed by atoms with van der Waals surface area (Å²) in [5.41, 5.74) is 6.32. The Morgan fingerprint density at radius 3 is 1.22 bits per heavy atom. The van der Waals surface area contributed by atoms with E-state index in [4.69, 9.17) is 19.8 Å². The molecule has 1 radical (unpaired) electrons. The topological polar surface area (TPSA) is 145 Å². The van der Waals surface area contributed by atoms with Crippen molar-refractivity contribution in [1.82, 2.24) is 0 Å². The van der Waals surface area contributed by atoms with Gasteiger partial charge in [-0.15, -0.1) is 0 Å². The average Bonchev–Trinajstić information content (AvgIpc) is 2.98. The Labute approximate surface area is 287 Å². The van der Waals surface area contributed by atoms with Crippen LogP contribution in [0.25, 0.3) is 0 Å². The van der Waals surface area contributed by atoms with E-state index in [0.29, 0.717) is 24.6 Å². The normalized spacial score (nSPS) is 10.6. The fourth-order valence-corrected chi connectivity index (χ4v) is 4.52. The Kier molecular flexibility index (Phi) is 27.4. The molecule has 2 aromatic rings. The summed E-state index contributed by atoms with van der Waals surface area (Å²) >= 11 is 0. The van der Waals surface area contributed by atoms with Crippen LogP contribution in [-0.2, 0) is 52.1 Å². The minimum atomic E-state index is -1.08. The van der Waals surface area contributed by atoms with Crippen LogP contribution in [0.5, 0.6) is 11.5 Å². The van der Waals surface area contributed by atoms with E-state index < -0.39 is 11.9 Å². The Morgan fingerprint density at radius 2 is 0.913 bits per heavy atom. The summed E-state index contributed by atoms with van der Waals surface area (Å²) in [6.45, 7) is 12.0. The zero-order chi connectivity index (χ0) is 34.0. The number of carbonyl (C=O) groups excluding carboxylic acids is 2. The van der Waals surface area contributed by atoms with Crippen LogP contribution in [0.2, 0.25) is 0 Å². The molecular weight excluding hydrogens is 627 g/mol. The van der Waals surface area contributed by atoms with Crippen molar-refractivity contribution in [2.75, 3.05) is 13.1 Å². The second-order valence-electron chi connectivity index (χ2n) is 11.2. The van der Waals surface area contributed by atoms with Gasteiger partial charge in [-0.3, -0.25) is 9.98 Å². The van der Waals surface area contributed by atoms with E-state index in [-0.39, 0.29) is 16.8 Å². The van der Waals surface area contributed by atoms with Crippen LogP contribution < -0.4 is 10.2 Å². The molecule has 8 nitrogen and oxygen atoms in total. The maximum Gasteiger partial charge on any atom is 2.00 e. The van der Waals surface area contributed by atoms with Crippen LogP contribution in [0.1, 0.15) is 133 Å². The molecule has 0 saturated carbocycles. The van der Waals surface area contributed by atoms with E-state index in [1.165, 1.54) is 11.1 Å². The molecule has 259 valence electrons. The Hall–Kier alpha value is -3.17. The predicted octanol–water partition coefficient (Wildman–Crippen LogP) is 5.91. The molecule has 2 aromatic carbocycles. The van der Waals surface area contributed by atoms with Gasteiger partial charge < -0.3 is 30.0 Å². The first kappa shape index (κ1) is 45.0. The summed E-state index contributed by atoms with van der Waals surface area (Å²) in [5.74, 6) is -1.40. The summed E-state index contributed by atoms with van der Waals surface area (Å²) in [6.07, 6.45) is 17.4. The molecule has 0 bridgehead atoms. The van der Waals surface area contributed by atoms with E-state index in [1.807, 2.05) is 12.4 Å². The van der Waals surface area contributed by atoms with Crippen molar-refractivity contribution in [2.45, 2.75) is 125 Å². The van der Waals surface area contributed by atoms with Crippen LogP contribution in [0.4, 0.5) is 0 Å². The summed E-state index contributed by atoms with van der Waals surface area (Å²) in [5, 5.41) is 39.3. The third-order valence-corrected chi connectivity index (χ3v) is 6.83. The number of aliphatic carboxylic acids is 2. The standard InChI is InChI=1S/C33H50N2O2.2C2H4O2.Co/c1-5-9-14-26-20-28(16-11-7-3)32(36)30(22-26)24-34-18-13-19-35-25-31-23-27(15-10-6-2)21-29(33(31)37)17-12-8-4;2*1-2(3)4;/h20-25,36-37H,5-19H2,1-4H3;2*1H3,(H,3,4);/q;;;+2/p-2. The fourth-order valence-electron chi connectivity index (χ4n) is 4.52. The molecule has 0 amide bonds. The van der Waals surface area contributed by atoms with Crippen molar-refractivity contribution >= 4 is 24.4 Å². The van der Waals surface area contributed by atoms with Gasteiger partial charge in [-0.25, -0.2) is 0 Å². The SMILES string of the molecule is CC(=O)[O-].CC(=O)[O-].CCCCc1cc(C=NCCCN=Cc2cc(CCCC)cc(CCCC)c2O)c(O)c(CCCC)c1.[Co+2]. The number of carbonyl (C=O) groups is 2. The van der Waals surface area contributed by atoms with E-state index in [1.54, 1.807) is 0 Å². The number of nitrogens with zero attached hydrogens (tertiary/aromatic N) is 2. The maximum atomic E-state index is 10.8. The van der Waals surface area contributed by atoms with Crippen LogP contribution in [0.15, 0.2) is 34.3 Å². The molecule has 2 rings (SSSR count). The molecule has 0 aliphatic rings. The molecule has 0 heterocycles. The Bertz CT molecular complexity index is 1100. The smallest absolute Gasteiger partial charge is 0.550 e. The number of unbranched alkanes of at least 4 members (excludes halogenated alkanes) is 4. The number of carboxylic acid groups (broad SMARTS) is 2. The first-order chi connectivity index (χ1) is 21.5. The van der Waals surface area contributed by atoms with Crippen molar-refractivity contribution in [3.8, 4) is 11.5 Å². The monoisotopic (exact) mass is 683 g/mol. The van der Waals surface area contributed by atoms with Crippen LogP contribution in [-0.4, -0.2) is 47.7 Å².